The fraction of sp³-hybridized carbons (Fsp3) is 0.400. The topological polar surface area (TPSA) is 88.2 Å². The molecular formula is C15H17N3O5. The number of hydrogen-bond donors (Lipinski definition) is 1. The molecule has 1 aromatic rings. The minimum atomic E-state index is -0.397. The summed E-state index contributed by atoms with van der Waals surface area (Å²) in [4.78, 5) is 38.6. The summed E-state index contributed by atoms with van der Waals surface area (Å²) >= 11 is 0. The second kappa shape index (κ2) is 5.79. The van der Waals surface area contributed by atoms with Crippen molar-refractivity contribution in [2.45, 2.75) is 6.04 Å². The molecule has 2 aliphatic heterocycles. The van der Waals surface area contributed by atoms with Crippen molar-refractivity contribution in [1.82, 2.24) is 15.1 Å². The molecule has 0 saturated carbocycles. The van der Waals surface area contributed by atoms with Crippen LogP contribution in [-0.4, -0.2) is 67.5 Å². The Morgan fingerprint density at radius 1 is 1.22 bits per heavy atom. The number of hydrogen-bond acceptors (Lipinski definition) is 5. The summed E-state index contributed by atoms with van der Waals surface area (Å²) in [5, 5.41) is 2.48. The van der Waals surface area contributed by atoms with E-state index in [9.17, 15) is 14.4 Å². The zero-order chi connectivity index (χ0) is 16.6. The van der Waals surface area contributed by atoms with E-state index in [4.69, 9.17) is 9.47 Å². The van der Waals surface area contributed by atoms with Gasteiger partial charge in [0.1, 0.15) is 0 Å². The van der Waals surface area contributed by atoms with Crippen LogP contribution in [0.15, 0.2) is 18.2 Å². The molecule has 0 spiro atoms. The van der Waals surface area contributed by atoms with Gasteiger partial charge in [-0.1, -0.05) is 6.07 Å². The van der Waals surface area contributed by atoms with Gasteiger partial charge in [0.15, 0.2) is 11.5 Å². The zero-order valence-corrected chi connectivity index (χ0v) is 12.9. The van der Waals surface area contributed by atoms with Crippen molar-refractivity contribution >= 4 is 17.8 Å². The first-order valence-electron chi connectivity index (χ1n) is 7.17. The highest BCUT2D eigenvalue weighted by Gasteiger charge is 2.43. The van der Waals surface area contributed by atoms with E-state index in [1.54, 1.807) is 23.1 Å². The highest BCUT2D eigenvalue weighted by atomic mass is 16.5. The summed E-state index contributed by atoms with van der Waals surface area (Å²) in [5.41, 5.74) is 0.391. The van der Waals surface area contributed by atoms with Crippen LogP contribution < -0.4 is 14.8 Å². The lowest BCUT2D eigenvalue weighted by molar-refractivity contribution is -0.128. The summed E-state index contributed by atoms with van der Waals surface area (Å²) in [5.74, 6) is 0.373. The molecule has 8 nitrogen and oxygen atoms in total. The number of carbonyl (C=O) groups excluding carboxylic acids is 3. The number of methoxy groups -OCH3 is 2. The van der Waals surface area contributed by atoms with Gasteiger partial charge in [0.05, 0.1) is 32.4 Å². The predicted molar refractivity (Wildman–Crippen MR) is 79.5 cm³/mol. The lowest BCUT2D eigenvalue weighted by Crippen LogP contribution is -2.62. The molecule has 0 aliphatic carbocycles. The van der Waals surface area contributed by atoms with E-state index in [1.165, 1.54) is 19.1 Å². The molecule has 1 N–H and O–H groups in total. The van der Waals surface area contributed by atoms with Gasteiger partial charge in [-0.15, -0.1) is 0 Å². The van der Waals surface area contributed by atoms with Crippen LogP contribution in [0.5, 0.6) is 11.5 Å². The molecule has 0 radical (unpaired) electrons. The molecule has 122 valence electrons. The monoisotopic (exact) mass is 319 g/mol. The van der Waals surface area contributed by atoms with Crippen LogP contribution in [0, 0.1) is 0 Å². The first-order chi connectivity index (χ1) is 11.1. The standard InChI is InChI=1S/C15H17N3O5/c1-22-11-5-3-4-10(13(11)23-2)14(20)17-7-9(8-17)18-12(19)6-16-15(18)21/h3-5,9H,6-8H2,1-2H3,(H,16,21). The number of nitrogens with one attached hydrogen (secondary N) is 1. The normalized spacial score (nSPS) is 17.8. The van der Waals surface area contributed by atoms with Crippen LogP contribution in [0.25, 0.3) is 0 Å². The van der Waals surface area contributed by atoms with Gasteiger partial charge >= 0.3 is 6.03 Å². The molecule has 0 bridgehead atoms. The third kappa shape index (κ3) is 2.45. The highest BCUT2D eigenvalue weighted by Crippen LogP contribution is 2.32. The molecule has 8 heteroatoms. The van der Waals surface area contributed by atoms with E-state index in [1.807, 2.05) is 0 Å². The molecule has 2 aliphatic rings. The van der Waals surface area contributed by atoms with Crippen molar-refractivity contribution < 1.29 is 23.9 Å². The van der Waals surface area contributed by atoms with E-state index < -0.39 is 6.03 Å². The van der Waals surface area contributed by atoms with Gasteiger partial charge < -0.3 is 19.7 Å². The number of likely N-dealkylation sites (tertiary alicyclic amines) is 1. The molecule has 2 heterocycles. The minimum Gasteiger partial charge on any atom is -0.493 e. The van der Waals surface area contributed by atoms with Crippen molar-refractivity contribution in [3.05, 3.63) is 23.8 Å². The van der Waals surface area contributed by atoms with Crippen molar-refractivity contribution in [2.75, 3.05) is 33.9 Å². The van der Waals surface area contributed by atoms with Gasteiger partial charge in [-0.3, -0.25) is 14.5 Å². The Morgan fingerprint density at radius 3 is 2.52 bits per heavy atom. The molecule has 23 heavy (non-hydrogen) atoms. The van der Waals surface area contributed by atoms with Crippen LogP contribution >= 0.6 is 0 Å². The second-order valence-electron chi connectivity index (χ2n) is 5.33. The average Bonchev–Trinajstić information content (AvgIpc) is 2.84. The van der Waals surface area contributed by atoms with Crippen molar-refractivity contribution in [3.8, 4) is 11.5 Å². The lowest BCUT2D eigenvalue weighted by Gasteiger charge is -2.42. The highest BCUT2D eigenvalue weighted by molar-refractivity contribution is 6.03. The van der Waals surface area contributed by atoms with Crippen LogP contribution in [0.4, 0.5) is 4.79 Å². The molecule has 0 aromatic heterocycles. The Kier molecular flexibility index (Phi) is 3.81. The third-order valence-electron chi connectivity index (χ3n) is 4.03. The molecule has 3 rings (SSSR count). The fourth-order valence-corrected chi connectivity index (χ4v) is 2.81. The van der Waals surface area contributed by atoms with E-state index in [-0.39, 0.29) is 24.4 Å². The SMILES string of the molecule is COc1cccc(C(=O)N2CC(N3C(=O)CNC3=O)C2)c1OC. The summed E-state index contributed by atoms with van der Waals surface area (Å²) in [6.45, 7) is 0.656. The Labute approximate surface area is 132 Å². The smallest absolute Gasteiger partial charge is 0.324 e. The maximum atomic E-state index is 12.6. The summed E-state index contributed by atoms with van der Waals surface area (Å²) < 4.78 is 10.5. The molecule has 0 atom stereocenters. The Morgan fingerprint density at radius 2 is 1.96 bits per heavy atom. The zero-order valence-electron chi connectivity index (χ0n) is 12.9. The van der Waals surface area contributed by atoms with Gasteiger partial charge in [-0.25, -0.2) is 4.79 Å². The Bertz CT molecular complexity index is 653. The van der Waals surface area contributed by atoms with E-state index in [0.29, 0.717) is 30.2 Å². The number of carbonyl (C=O) groups is 3. The molecule has 2 saturated heterocycles. The molecule has 1 aromatic carbocycles. The second-order valence-corrected chi connectivity index (χ2v) is 5.33. The van der Waals surface area contributed by atoms with Crippen LogP contribution in [0.2, 0.25) is 0 Å². The first-order valence-corrected chi connectivity index (χ1v) is 7.17. The largest absolute Gasteiger partial charge is 0.493 e. The number of nitrogens with zero attached hydrogens (tertiary/aromatic N) is 2. The summed E-state index contributed by atoms with van der Waals surface area (Å²) in [6, 6.07) is 4.41. The number of amides is 4. The van der Waals surface area contributed by atoms with Crippen molar-refractivity contribution in [2.24, 2.45) is 0 Å². The molecule has 2 fully saturated rings. The number of imide groups is 1. The van der Waals surface area contributed by atoms with Gasteiger partial charge in [0.25, 0.3) is 5.91 Å². The lowest BCUT2D eigenvalue weighted by atomic mass is 10.0. The van der Waals surface area contributed by atoms with Crippen molar-refractivity contribution in [1.29, 1.82) is 0 Å². The van der Waals surface area contributed by atoms with Gasteiger partial charge in [-0.2, -0.15) is 0 Å². The van der Waals surface area contributed by atoms with Gasteiger partial charge in [0, 0.05) is 13.1 Å². The quantitative estimate of drug-likeness (QED) is 0.794. The summed E-state index contributed by atoms with van der Waals surface area (Å²) in [6.07, 6.45) is 0. The number of urea groups is 1. The number of rotatable bonds is 4. The number of benzene rings is 1. The van der Waals surface area contributed by atoms with Crippen LogP contribution in [0.3, 0.4) is 0 Å². The minimum absolute atomic E-state index is 0.0208. The Balaban J connectivity index is 1.72. The van der Waals surface area contributed by atoms with Crippen LogP contribution in [-0.2, 0) is 4.79 Å². The predicted octanol–water partition coefficient (Wildman–Crippen LogP) is 0.0800. The maximum Gasteiger partial charge on any atom is 0.324 e. The third-order valence-corrected chi connectivity index (χ3v) is 4.03. The van der Waals surface area contributed by atoms with Gasteiger partial charge in [0.2, 0.25) is 5.91 Å². The average molecular weight is 319 g/mol. The first kappa shape index (κ1) is 15.1. The molecule has 4 amide bonds. The Hall–Kier alpha value is -2.77. The fourth-order valence-electron chi connectivity index (χ4n) is 2.81. The maximum absolute atomic E-state index is 12.6. The summed E-state index contributed by atoms with van der Waals surface area (Å²) in [7, 11) is 2.98. The van der Waals surface area contributed by atoms with Gasteiger partial charge in [-0.05, 0) is 12.1 Å². The molecular weight excluding hydrogens is 302 g/mol. The van der Waals surface area contributed by atoms with Crippen LogP contribution in [0.1, 0.15) is 10.4 Å². The number of para-hydroxylation sites is 1. The van der Waals surface area contributed by atoms with E-state index in [0.717, 1.165) is 0 Å². The van der Waals surface area contributed by atoms with E-state index >= 15 is 0 Å². The van der Waals surface area contributed by atoms with Crippen molar-refractivity contribution in [3.63, 3.8) is 0 Å². The molecule has 0 unspecified atom stereocenters. The number of ether oxygens (including phenoxy) is 2. The van der Waals surface area contributed by atoms with E-state index in [2.05, 4.69) is 5.32 Å².